The molecule has 4 amide bonds. The molecule has 0 unspecified atom stereocenters. The fourth-order valence-corrected chi connectivity index (χ4v) is 11.2. The lowest BCUT2D eigenvalue weighted by Crippen LogP contribution is -2.40. The molecular formula is C101H134Cl4N4O27. The topological polar surface area (TPSA) is 446 Å². The summed E-state index contributed by atoms with van der Waals surface area (Å²) in [5.41, 5.74) is 0.186. The van der Waals surface area contributed by atoms with E-state index in [1.54, 1.807) is 236 Å². The number of esters is 6. The largest absolute Gasteiger partial charge is 0.481 e. The van der Waals surface area contributed by atoms with Crippen molar-refractivity contribution in [3.8, 4) is 23.0 Å². The van der Waals surface area contributed by atoms with Crippen LogP contribution < -0.4 is 40.2 Å². The molecule has 0 atom stereocenters. The molecule has 748 valence electrons. The molecule has 0 heterocycles. The van der Waals surface area contributed by atoms with Crippen LogP contribution in [0.15, 0.2) is 194 Å². The highest BCUT2D eigenvalue weighted by Gasteiger charge is 2.35. The summed E-state index contributed by atoms with van der Waals surface area (Å²) >= 11 is 23.3. The van der Waals surface area contributed by atoms with Crippen LogP contribution in [0, 0.1) is 0 Å². The van der Waals surface area contributed by atoms with Gasteiger partial charge in [0.2, 0.25) is 0 Å². The van der Waals surface area contributed by atoms with Gasteiger partial charge in [0.1, 0.15) is 54.0 Å². The molecule has 0 radical (unpaired) electrons. The van der Waals surface area contributed by atoms with Gasteiger partial charge in [0.15, 0.2) is 22.4 Å². The van der Waals surface area contributed by atoms with E-state index in [0.717, 1.165) is 36.5 Å². The Bertz CT molecular complexity index is 5000. The van der Waals surface area contributed by atoms with Gasteiger partial charge in [-0.2, -0.15) is 0 Å². The third-order valence-electron chi connectivity index (χ3n) is 17.5. The number of aliphatic hydroxyl groups is 3. The van der Waals surface area contributed by atoms with Gasteiger partial charge in [-0.15, -0.1) is 0 Å². The molecule has 0 spiro atoms. The zero-order chi connectivity index (χ0) is 102. The summed E-state index contributed by atoms with van der Waals surface area (Å²) in [6, 6.07) is 55.5. The number of carboxylic acid groups (broad SMARTS) is 2. The number of carbonyl (C=O) groups excluding carboxylic acids is 10. The molecule has 35 heteroatoms. The number of aliphatic hydroxyl groups excluding tert-OH is 3. The zero-order valence-electron chi connectivity index (χ0n) is 79.2. The summed E-state index contributed by atoms with van der Waals surface area (Å²) in [5, 5.41) is 53.7. The van der Waals surface area contributed by atoms with Gasteiger partial charge in [-0.05, 0) is 297 Å². The molecule has 8 aromatic rings. The average molecular weight is 1980 g/mol. The van der Waals surface area contributed by atoms with E-state index < -0.39 is 75.4 Å². The van der Waals surface area contributed by atoms with Crippen LogP contribution in [0.4, 0.5) is 0 Å². The van der Waals surface area contributed by atoms with Gasteiger partial charge in [0.05, 0.1) is 38.9 Å². The molecule has 8 rings (SSSR count). The molecule has 0 saturated carbocycles. The first kappa shape index (κ1) is 122. The number of nitrogens with one attached hydrogen (secondary N) is 4. The zero-order valence-corrected chi connectivity index (χ0v) is 82.2. The highest BCUT2D eigenvalue weighted by molar-refractivity contribution is 6.31. The summed E-state index contributed by atoms with van der Waals surface area (Å²) in [7, 11) is 2.00. The number of carbonyl (C=O) groups is 12. The van der Waals surface area contributed by atoms with Crippen LogP contribution in [0.1, 0.15) is 204 Å². The number of carboxylic acids is 2. The summed E-state index contributed by atoms with van der Waals surface area (Å²) in [6.45, 7) is 26.6. The maximum Gasteiger partial charge on any atom is 0.349 e. The predicted molar refractivity (Wildman–Crippen MR) is 524 cm³/mol. The van der Waals surface area contributed by atoms with Crippen molar-refractivity contribution >= 4 is 118 Å². The maximum atomic E-state index is 12.4. The van der Waals surface area contributed by atoms with Crippen LogP contribution in [0.3, 0.4) is 0 Å². The standard InChI is InChI=1S/C26H32ClNO6.C24H28ClNO6.C22H24ClNO6.C19H20ClNO4.C7H14O3.2CH4O.CH4.2H2/c1-25(2,3)34-22(29)15-17-32-24(31)26(4,5)33-21-12-6-18(7-13-21)14-16-28-23(30)19-8-10-20(27)11-9-19;1-4-30-21(27)14-16-31-23(29)24(2,3)32-20-11-5-17(6-12-20)13-15-26-22(28)18-7-9-19(25)10-8-18;1-22(2,21(28)29-14-12-19(25)26)30-18-9-3-15(4-10-18)11-13-24-20(27)16-5-7-17(23)8-6-16;1-19(2,18(23)24)25-16-9-3-13(4-10-16)11-12-21-17(22)14-5-7-15(20)8-6-14;1-7(2,3)10-6(9)4-5-8;2*1-2;;;/h6-13H,14-17H2,1-5H3,(H,28,30);5-12H,4,13-16H2,1-3H3,(H,26,28);3-10H,11-14H2,1-2H3,(H,24,27)(H,25,26);3-10H,11-12H2,1-2H3,(H,21,22)(H,23,24);8H,4-5H2,1-3H3;2*2H,1H3;1H4;2*1H/i;;;;;;;;2*1+1. The molecule has 0 aromatic heterocycles. The van der Waals surface area contributed by atoms with E-state index in [1.165, 1.54) is 13.8 Å². The highest BCUT2D eigenvalue weighted by atomic mass is 35.5. The quantitative estimate of drug-likeness (QED) is 0.0127. The second-order valence-corrected chi connectivity index (χ2v) is 34.6. The van der Waals surface area contributed by atoms with Crippen molar-refractivity contribution in [2.75, 3.05) is 73.4 Å². The first-order chi connectivity index (χ1) is 63.5. The Morgan fingerprint density at radius 2 is 0.529 bits per heavy atom. The molecule has 8 aromatic carbocycles. The van der Waals surface area contributed by atoms with Crippen LogP contribution >= 0.6 is 46.4 Å². The molecule has 0 bridgehead atoms. The Labute approximate surface area is 819 Å². The van der Waals surface area contributed by atoms with Crippen LogP contribution in [-0.4, -0.2) is 204 Å². The Morgan fingerprint density at radius 3 is 0.743 bits per heavy atom. The molecule has 136 heavy (non-hydrogen) atoms. The van der Waals surface area contributed by atoms with E-state index in [9.17, 15) is 57.5 Å². The maximum absolute atomic E-state index is 12.4. The summed E-state index contributed by atoms with van der Waals surface area (Å²) in [4.78, 5) is 140. The van der Waals surface area contributed by atoms with Crippen molar-refractivity contribution in [2.45, 2.75) is 196 Å². The Balaban J connectivity index is 0. The van der Waals surface area contributed by atoms with Gasteiger partial charge in [-0.3, -0.25) is 38.4 Å². The second-order valence-electron chi connectivity index (χ2n) is 32.9. The number of halogens is 4. The Kier molecular flexibility index (Phi) is 55.7. The van der Waals surface area contributed by atoms with Crippen LogP contribution in [-0.2, 0) is 92.5 Å². The molecule has 0 fully saturated rings. The minimum absolute atomic E-state index is 0. The monoisotopic (exact) mass is 1980 g/mol. The SMILES string of the molecule is C.CC(C)(C)OC(=O)CCO.CC(C)(C)OC(=O)CCOC(=O)C(C)(C)Oc1ccc(CCNC(=O)c2ccc(Cl)cc2)cc1.CC(C)(Oc1ccc(CCNC(=O)c2ccc(Cl)cc2)cc1)C(=O)O.CC(C)(Oc1ccc(CCNC(=O)c2ccc(Cl)cc2)cc1)C(=O)OCCC(=O)O.CCOC(=O)CCOC(=O)C(C)(C)Oc1ccc(CCNC(=O)c2ccc(Cl)cc2)cc1.CO.CO.[2HH].[2HH]. The number of benzene rings is 8. The van der Waals surface area contributed by atoms with Crippen LogP contribution in [0.5, 0.6) is 23.0 Å². The van der Waals surface area contributed by atoms with Crippen LogP contribution in [0.25, 0.3) is 0 Å². The Hall–Kier alpha value is -12.4. The van der Waals surface area contributed by atoms with Crippen molar-refractivity contribution in [3.63, 3.8) is 0 Å². The average Bonchev–Trinajstić information content (AvgIpc) is 0.849. The molecule has 0 aliphatic heterocycles. The summed E-state index contributed by atoms with van der Waals surface area (Å²) in [6.07, 6.45) is 2.35. The van der Waals surface area contributed by atoms with Gasteiger partial charge in [0, 0.05) is 85.6 Å². The third-order valence-corrected chi connectivity index (χ3v) is 18.5. The smallest absolute Gasteiger partial charge is 0.349 e. The lowest BCUT2D eigenvalue weighted by Gasteiger charge is -2.24. The molecule has 9 N–H and O–H groups in total. The molecule has 0 aliphatic rings. The summed E-state index contributed by atoms with van der Waals surface area (Å²) in [5.74, 6) is -3.74. The van der Waals surface area contributed by atoms with Crippen LogP contribution in [0.2, 0.25) is 20.1 Å². The van der Waals surface area contributed by atoms with Gasteiger partial charge in [0.25, 0.3) is 23.6 Å². The number of amides is 4. The molecule has 31 nitrogen and oxygen atoms in total. The first-order valence-corrected chi connectivity index (χ1v) is 44.3. The Morgan fingerprint density at radius 1 is 0.309 bits per heavy atom. The van der Waals surface area contributed by atoms with E-state index >= 15 is 0 Å². The number of hydrogen-bond donors (Lipinski definition) is 9. The highest BCUT2D eigenvalue weighted by Crippen LogP contribution is 2.27. The number of aliphatic carboxylic acids is 2. The lowest BCUT2D eigenvalue weighted by atomic mass is 10.1. The fraction of sp³-hybridized carbons (Fsp3) is 0.406. The van der Waals surface area contributed by atoms with Gasteiger partial charge < -0.3 is 94.2 Å². The van der Waals surface area contributed by atoms with Crippen molar-refractivity contribution in [1.29, 1.82) is 0 Å². The van der Waals surface area contributed by atoms with Crippen molar-refractivity contribution in [3.05, 3.63) is 259 Å². The van der Waals surface area contributed by atoms with E-state index in [-0.39, 0.29) is 98.6 Å². The first-order valence-electron chi connectivity index (χ1n) is 42.8. The minimum Gasteiger partial charge on any atom is -0.481 e. The van der Waals surface area contributed by atoms with Gasteiger partial charge in [-0.1, -0.05) is 102 Å². The normalized spacial score (nSPS) is 10.8. The lowest BCUT2D eigenvalue weighted by molar-refractivity contribution is -0.164. The minimum atomic E-state index is -1.28. The number of ether oxygens (including phenoxy) is 10. The van der Waals surface area contributed by atoms with Crippen molar-refractivity contribution < 1.29 is 133 Å². The van der Waals surface area contributed by atoms with Crippen molar-refractivity contribution in [1.82, 2.24) is 21.3 Å². The van der Waals surface area contributed by atoms with Crippen molar-refractivity contribution in [2.24, 2.45) is 0 Å². The van der Waals surface area contributed by atoms with E-state index in [2.05, 4.69) is 21.3 Å². The number of hydrogen-bond acceptors (Lipinski definition) is 25. The molecule has 0 aliphatic carbocycles. The predicted octanol–water partition coefficient (Wildman–Crippen LogP) is 16.8. The second kappa shape index (κ2) is 62.3. The molecule has 0 saturated heterocycles. The third kappa shape index (κ3) is 51.4. The van der Waals surface area contributed by atoms with Gasteiger partial charge >= 0.3 is 47.8 Å². The van der Waals surface area contributed by atoms with E-state index in [0.29, 0.717) is 117 Å². The van der Waals surface area contributed by atoms with E-state index in [4.69, 9.17) is 119 Å². The summed E-state index contributed by atoms with van der Waals surface area (Å²) < 4.78 is 52.8. The van der Waals surface area contributed by atoms with Gasteiger partial charge in [-0.25, -0.2) is 19.2 Å². The number of rotatable bonds is 40. The van der Waals surface area contributed by atoms with E-state index in [1.807, 2.05) is 48.5 Å². The fourth-order valence-electron chi connectivity index (χ4n) is 10.7. The molecular weight excluding hydrogens is 1840 g/mol.